The average Bonchev–Trinajstić information content (AvgIpc) is 3.10. The molecule has 10 heteroatoms. The predicted octanol–water partition coefficient (Wildman–Crippen LogP) is 2.07. The van der Waals surface area contributed by atoms with E-state index in [0.29, 0.717) is 24.0 Å². The average molecular weight is 370 g/mol. The van der Waals surface area contributed by atoms with Crippen molar-refractivity contribution in [1.29, 1.82) is 0 Å². The van der Waals surface area contributed by atoms with E-state index < -0.39 is 34.8 Å². The highest BCUT2D eigenvalue weighted by atomic mass is 35.5. The molecule has 0 saturated carbocycles. The number of hydrogen-bond donors (Lipinski definition) is 0. The van der Waals surface area contributed by atoms with Gasteiger partial charge in [0.05, 0.1) is 28.3 Å². The Labute approximate surface area is 145 Å². The number of nitro groups is 1. The lowest BCUT2D eigenvalue weighted by Crippen LogP contribution is -2.42. The molecule has 0 N–H and O–H groups in total. The second-order valence-electron chi connectivity index (χ2n) is 5.52. The van der Waals surface area contributed by atoms with Crippen LogP contribution in [0.2, 0.25) is 5.02 Å². The molecule has 1 saturated heterocycles. The standard InChI is InChI=1S/C15H13ClFN3O5/c16-10-3-1-4-12(20(23)24)9(10)7-19-14(21)11(17)8-18(15(19)22)13-5-2-6-25-13/h1,3-4,8,13H,2,5-7H2. The third-order valence-corrected chi connectivity index (χ3v) is 4.33. The van der Waals surface area contributed by atoms with Gasteiger partial charge >= 0.3 is 5.69 Å². The molecule has 8 nitrogen and oxygen atoms in total. The molecule has 0 aliphatic carbocycles. The largest absolute Gasteiger partial charge is 0.358 e. The summed E-state index contributed by atoms with van der Waals surface area (Å²) in [7, 11) is 0. The minimum absolute atomic E-state index is 0.00780. The van der Waals surface area contributed by atoms with Crippen molar-refractivity contribution in [3.05, 3.63) is 71.8 Å². The molecule has 1 aromatic carbocycles. The van der Waals surface area contributed by atoms with Crippen LogP contribution in [-0.2, 0) is 11.3 Å². The van der Waals surface area contributed by atoms with E-state index in [4.69, 9.17) is 16.3 Å². The summed E-state index contributed by atoms with van der Waals surface area (Å²) in [5.41, 5.74) is -2.38. The molecule has 25 heavy (non-hydrogen) atoms. The molecule has 1 atom stereocenters. The molecule has 1 aliphatic rings. The number of nitro benzene ring substituents is 1. The summed E-state index contributed by atoms with van der Waals surface area (Å²) in [6.45, 7) is -0.0913. The van der Waals surface area contributed by atoms with Crippen LogP contribution in [0.25, 0.3) is 0 Å². The van der Waals surface area contributed by atoms with Crippen molar-refractivity contribution in [2.24, 2.45) is 0 Å². The Morgan fingerprint density at radius 3 is 2.80 bits per heavy atom. The molecule has 1 fully saturated rings. The van der Waals surface area contributed by atoms with Gasteiger partial charge in [0, 0.05) is 12.7 Å². The second-order valence-corrected chi connectivity index (χ2v) is 5.93. The van der Waals surface area contributed by atoms with E-state index in [1.165, 1.54) is 18.2 Å². The van der Waals surface area contributed by atoms with Crippen molar-refractivity contribution >= 4 is 17.3 Å². The first-order valence-electron chi connectivity index (χ1n) is 7.45. The maximum atomic E-state index is 14.0. The Kier molecular flexibility index (Phi) is 4.69. The van der Waals surface area contributed by atoms with Crippen molar-refractivity contribution in [1.82, 2.24) is 9.13 Å². The summed E-state index contributed by atoms with van der Waals surface area (Å²) in [5, 5.41) is 11.2. The van der Waals surface area contributed by atoms with Gasteiger partial charge in [-0.1, -0.05) is 17.7 Å². The molecule has 0 radical (unpaired) electrons. The summed E-state index contributed by atoms with van der Waals surface area (Å²) in [4.78, 5) is 35.1. The minimum Gasteiger partial charge on any atom is -0.358 e. The van der Waals surface area contributed by atoms with E-state index in [0.717, 1.165) is 10.8 Å². The quantitative estimate of drug-likeness (QED) is 0.607. The molecule has 1 aromatic heterocycles. The number of rotatable bonds is 4. The molecule has 1 aliphatic heterocycles. The van der Waals surface area contributed by atoms with Crippen LogP contribution in [0.15, 0.2) is 34.0 Å². The van der Waals surface area contributed by atoms with E-state index in [9.17, 15) is 24.1 Å². The van der Waals surface area contributed by atoms with E-state index in [-0.39, 0.29) is 16.3 Å². The molecule has 1 unspecified atom stereocenters. The zero-order valence-electron chi connectivity index (χ0n) is 12.9. The van der Waals surface area contributed by atoms with Crippen LogP contribution in [0, 0.1) is 15.9 Å². The summed E-state index contributed by atoms with van der Waals surface area (Å²) in [5.74, 6) is -1.15. The van der Waals surface area contributed by atoms with Crippen LogP contribution in [0.1, 0.15) is 24.6 Å². The second kappa shape index (κ2) is 6.77. The van der Waals surface area contributed by atoms with Crippen molar-refractivity contribution in [2.75, 3.05) is 6.61 Å². The molecular weight excluding hydrogens is 357 g/mol. The molecular formula is C15H13ClFN3O5. The zero-order valence-corrected chi connectivity index (χ0v) is 13.6. The molecule has 132 valence electrons. The smallest absolute Gasteiger partial charge is 0.333 e. The third kappa shape index (κ3) is 3.20. The van der Waals surface area contributed by atoms with Gasteiger partial charge in [-0.15, -0.1) is 0 Å². The lowest BCUT2D eigenvalue weighted by atomic mass is 10.2. The van der Waals surface area contributed by atoms with Gasteiger partial charge < -0.3 is 4.74 Å². The fourth-order valence-corrected chi connectivity index (χ4v) is 2.98. The summed E-state index contributed by atoms with van der Waals surface area (Å²) in [6.07, 6.45) is 1.34. The predicted molar refractivity (Wildman–Crippen MR) is 86.4 cm³/mol. The van der Waals surface area contributed by atoms with Crippen LogP contribution in [0.3, 0.4) is 0 Å². The first-order valence-corrected chi connectivity index (χ1v) is 7.83. The molecule has 2 heterocycles. The van der Waals surface area contributed by atoms with Gasteiger partial charge in [0.1, 0.15) is 6.23 Å². The first-order chi connectivity index (χ1) is 11.9. The van der Waals surface area contributed by atoms with Crippen molar-refractivity contribution in [3.8, 4) is 0 Å². The maximum absolute atomic E-state index is 14.0. The zero-order chi connectivity index (χ0) is 18.1. The SMILES string of the molecule is O=c1c(F)cn(C2CCCO2)c(=O)n1Cc1c(Cl)cccc1[N+](=O)[O-]. The fourth-order valence-electron chi connectivity index (χ4n) is 2.75. The monoisotopic (exact) mass is 369 g/mol. The Hall–Kier alpha value is -2.52. The normalized spacial score (nSPS) is 17.0. The highest BCUT2D eigenvalue weighted by Gasteiger charge is 2.24. The van der Waals surface area contributed by atoms with Crippen LogP contribution in [-0.4, -0.2) is 20.7 Å². The van der Waals surface area contributed by atoms with Gasteiger partial charge in [-0.2, -0.15) is 4.39 Å². The number of benzene rings is 1. The van der Waals surface area contributed by atoms with Crippen LogP contribution in [0.5, 0.6) is 0 Å². The Balaban J connectivity index is 2.14. The lowest BCUT2D eigenvalue weighted by Gasteiger charge is -2.16. The Morgan fingerprint density at radius 2 is 2.16 bits per heavy atom. The van der Waals surface area contributed by atoms with Gasteiger partial charge in [-0.3, -0.25) is 24.0 Å². The summed E-state index contributed by atoms with van der Waals surface area (Å²) in [6, 6.07) is 3.97. The van der Waals surface area contributed by atoms with Crippen molar-refractivity contribution in [3.63, 3.8) is 0 Å². The molecule has 0 spiro atoms. The number of hydrogen-bond acceptors (Lipinski definition) is 5. The molecule has 0 amide bonds. The minimum atomic E-state index is -1.17. The number of aromatic nitrogens is 2. The topological polar surface area (TPSA) is 96.4 Å². The maximum Gasteiger partial charge on any atom is 0.333 e. The van der Waals surface area contributed by atoms with Gasteiger partial charge in [-0.05, 0) is 18.9 Å². The Morgan fingerprint density at radius 1 is 1.40 bits per heavy atom. The van der Waals surface area contributed by atoms with E-state index in [2.05, 4.69) is 0 Å². The number of halogens is 2. The molecule has 0 bridgehead atoms. The molecule has 3 rings (SSSR count). The van der Waals surface area contributed by atoms with E-state index in [1.54, 1.807) is 0 Å². The highest BCUT2D eigenvalue weighted by molar-refractivity contribution is 6.31. The Bertz CT molecular complexity index is 949. The van der Waals surface area contributed by atoms with Crippen LogP contribution in [0.4, 0.5) is 10.1 Å². The van der Waals surface area contributed by atoms with E-state index >= 15 is 0 Å². The van der Waals surface area contributed by atoms with Crippen molar-refractivity contribution < 1.29 is 14.1 Å². The first kappa shape index (κ1) is 17.3. The van der Waals surface area contributed by atoms with Crippen LogP contribution >= 0.6 is 11.6 Å². The fraction of sp³-hybridized carbons (Fsp3) is 0.333. The molecule has 2 aromatic rings. The van der Waals surface area contributed by atoms with Gasteiger partial charge in [0.15, 0.2) is 0 Å². The van der Waals surface area contributed by atoms with Gasteiger partial charge in [0.25, 0.3) is 11.2 Å². The third-order valence-electron chi connectivity index (χ3n) is 3.98. The van der Waals surface area contributed by atoms with Gasteiger partial charge in [0.2, 0.25) is 5.82 Å². The van der Waals surface area contributed by atoms with E-state index in [1.807, 2.05) is 0 Å². The number of ether oxygens (including phenoxy) is 1. The highest BCUT2D eigenvalue weighted by Crippen LogP contribution is 2.26. The summed E-state index contributed by atoms with van der Waals surface area (Å²) < 4.78 is 21.0. The van der Waals surface area contributed by atoms with Crippen molar-refractivity contribution in [2.45, 2.75) is 25.6 Å². The number of nitrogens with zero attached hydrogens (tertiary/aromatic N) is 3. The van der Waals surface area contributed by atoms with Crippen LogP contribution < -0.4 is 11.2 Å². The summed E-state index contributed by atoms with van der Waals surface area (Å²) >= 11 is 5.99. The van der Waals surface area contributed by atoms with Gasteiger partial charge in [-0.25, -0.2) is 4.79 Å². The lowest BCUT2D eigenvalue weighted by molar-refractivity contribution is -0.385.